The molecule has 1 aliphatic rings. The molecule has 1 aliphatic heterocycles. The zero-order valence-corrected chi connectivity index (χ0v) is 13.7. The Morgan fingerprint density at radius 1 is 1.44 bits per heavy atom. The van der Waals surface area contributed by atoms with Crippen molar-refractivity contribution in [2.24, 2.45) is 4.99 Å². The zero-order valence-electron chi connectivity index (χ0n) is 13.7. The molecule has 0 spiro atoms. The second kappa shape index (κ2) is 8.70. The van der Waals surface area contributed by atoms with Gasteiger partial charge in [-0.15, -0.1) is 0 Å². The molecule has 1 aromatic carbocycles. The zero-order chi connectivity index (χ0) is 18.3. The van der Waals surface area contributed by atoms with Crippen molar-refractivity contribution in [1.29, 1.82) is 0 Å². The number of hydrogen-bond acceptors (Lipinski definition) is 5. The third-order valence-electron chi connectivity index (χ3n) is 3.46. The van der Waals surface area contributed by atoms with Crippen LogP contribution in [-0.2, 0) is 20.4 Å². The molecule has 1 heterocycles. The lowest BCUT2D eigenvalue weighted by Gasteiger charge is -2.14. The summed E-state index contributed by atoms with van der Waals surface area (Å²) >= 11 is 0. The third kappa shape index (κ3) is 5.93. The summed E-state index contributed by atoms with van der Waals surface area (Å²) in [7, 11) is 0. The summed E-state index contributed by atoms with van der Waals surface area (Å²) < 4.78 is 48.5. The summed E-state index contributed by atoms with van der Waals surface area (Å²) in [6.45, 7) is 2.73. The van der Waals surface area contributed by atoms with Crippen molar-refractivity contribution in [1.82, 2.24) is 5.43 Å². The predicted octanol–water partition coefficient (Wildman–Crippen LogP) is 2.76. The number of nitrogens with one attached hydrogen (secondary N) is 2. The van der Waals surface area contributed by atoms with Gasteiger partial charge < -0.3 is 9.47 Å². The first-order valence-corrected chi connectivity index (χ1v) is 7.92. The second-order valence-electron chi connectivity index (χ2n) is 5.37. The van der Waals surface area contributed by atoms with Crippen LogP contribution in [0.5, 0.6) is 0 Å². The van der Waals surface area contributed by atoms with Crippen molar-refractivity contribution in [3.8, 4) is 0 Å². The van der Waals surface area contributed by atoms with Crippen LogP contribution >= 0.6 is 0 Å². The molecular weight excluding hydrogens is 339 g/mol. The Bertz CT molecular complexity index is 614. The summed E-state index contributed by atoms with van der Waals surface area (Å²) in [5.74, 6) is -0.810. The molecule has 1 atom stereocenters. The first-order valence-electron chi connectivity index (χ1n) is 7.92. The number of hydrazine groups is 1. The maximum Gasteiger partial charge on any atom is 0.416 e. The number of hydrogen-bond donors (Lipinski definition) is 2. The number of anilines is 1. The maximum atomic E-state index is 12.7. The molecule has 1 aromatic rings. The minimum Gasteiger partial charge on any atom is -0.460 e. The van der Waals surface area contributed by atoms with Gasteiger partial charge in [-0.2, -0.15) is 13.2 Å². The van der Waals surface area contributed by atoms with Crippen molar-refractivity contribution >= 4 is 17.5 Å². The fraction of sp³-hybridized carbons (Fsp3) is 0.500. The van der Waals surface area contributed by atoms with Gasteiger partial charge in [-0.3, -0.25) is 15.8 Å². The van der Waals surface area contributed by atoms with Crippen molar-refractivity contribution in [3.63, 3.8) is 0 Å². The number of carbonyl (C=O) groups is 1. The van der Waals surface area contributed by atoms with E-state index in [-0.39, 0.29) is 30.8 Å². The van der Waals surface area contributed by atoms with Crippen LogP contribution in [0.3, 0.4) is 0 Å². The number of halogens is 3. The van der Waals surface area contributed by atoms with E-state index in [1.54, 1.807) is 6.92 Å². The van der Waals surface area contributed by atoms with E-state index >= 15 is 0 Å². The molecule has 6 nitrogen and oxygen atoms in total. The van der Waals surface area contributed by atoms with E-state index in [0.717, 1.165) is 25.0 Å². The summed E-state index contributed by atoms with van der Waals surface area (Å²) in [4.78, 5) is 16.1. The summed E-state index contributed by atoms with van der Waals surface area (Å²) in [6.07, 6.45) is -2.74. The van der Waals surface area contributed by atoms with E-state index < -0.39 is 17.7 Å². The minimum absolute atomic E-state index is 0.0696. The molecular formula is C16H20F3N3O3. The average Bonchev–Trinajstić information content (AvgIpc) is 3.08. The van der Waals surface area contributed by atoms with Crippen LogP contribution in [0, 0.1) is 0 Å². The smallest absolute Gasteiger partial charge is 0.416 e. The summed E-state index contributed by atoms with van der Waals surface area (Å²) in [6, 6.07) is 4.59. The Kier molecular flexibility index (Phi) is 6.63. The lowest BCUT2D eigenvalue weighted by molar-refractivity contribution is -0.137. The molecule has 1 fully saturated rings. The number of alkyl halides is 3. The number of rotatable bonds is 5. The molecule has 0 aliphatic carbocycles. The quantitative estimate of drug-likeness (QED) is 0.366. The van der Waals surface area contributed by atoms with Crippen LogP contribution in [0.15, 0.2) is 29.3 Å². The standard InChI is InChI=1S/C16H20F3N3O3/c1-2-24-15(23)14(20-10-13-7-4-8-25-13)22-21-12-6-3-5-11(9-12)16(17,18)19/h3,5-6,9,13,21H,2,4,7-8,10H2,1H3,(H,20,22). The Labute approximate surface area is 143 Å². The number of carbonyl (C=O) groups excluding carboxylic acids is 1. The topological polar surface area (TPSA) is 72.0 Å². The maximum absolute atomic E-state index is 12.7. The average molecular weight is 359 g/mol. The molecule has 0 bridgehead atoms. The van der Waals surface area contributed by atoms with E-state index in [9.17, 15) is 18.0 Å². The fourth-order valence-electron chi connectivity index (χ4n) is 2.24. The highest BCUT2D eigenvalue weighted by molar-refractivity contribution is 6.35. The number of nitrogens with zero attached hydrogens (tertiary/aromatic N) is 1. The molecule has 138 valence electrons. The van der Waals surface area contributed by atoms with E-state index in [4.69, 9.17) is 9.47 Å². The van der Waals surface area contributed by atoms with Gasteiger partial charge in [0, 0.05) is 6.61 Å². The van der Waals surface area contributed by atoms with Crippen LogP contribution in [-0.4, -0.2) is 37.7 Å². The fourth-order valence-corrected chi connectivity index (χ4v) is 2.24. The van der Waals surface area contributed by atoms with Crippen LogP contribution in [0.4, 0.5) is 18.9 Å². The van der Waals surface area contributed by atoms with Gasteiger partial charge in [0.1, 0.15) is 0 Å². The van der Waals surface area contributed by atoms with Crippen LogP contribution in [0.1, 0.15) is 25.3 Å². The van der Waals surface area contributed by atoms with Crippen LogP contribution < -0.4 is 10.9 Å². The highest BCUT2D eigenvalue weighted by Crippen LogP contribution is 2.30. The minimum atomic E-state index is -4.45. The first kappa shape index (κ1) is 19.0. The summed E-state index contributed by atoms with van der Waals surface area (Å²) in [5, 5.41) is 0. The molecule has 0 radical (unpaired) electrons. The van der Waals surface area contributed by atoms with Crippen molar-refractivity contribution in [2.45, 2.75) is 32.0 Å². The van der Waals surface area contributed by atoms with E-state index in [1.165, 1.54) is 12.1 Å². The van der Waals surface area contributed by atoms with E-state index in [1.807, 2.05) is 0 Å². The van der Waals surface area contributed by atoms with Gasteiger partial charge in [0.05, 0.1) is 30.5 Å². The van der Waals surface area contributed by atoms with Crippen molar-refractivity contribution in [3.05, 3.63) is 29.8 Å². The van der Waals surface area contributed by atoms with E-state index in [0.29, 0.717) is 6.61 Å². The SMILES string of the molecule is CCOC(=O)C(=NCC1CCCO1)NNc1cccc(C(F)(F)F)c1. The Morgan fingerprint density at radius 2 is 2.24 bits per heavy atom. The van der Waals surface area contributed by atoms with Gasteiger partial charge in [0.25, 0.3) is 0 Å². The number of ether oxygens (including phenoxy) is 2. The molecule has 1 unspecified atom stereocenters. The van der Waals surface area contributed by atoms with Gasteiger partial charge in [-0.05, 0) is 38.0 Å². The first-order chi connectivity index (χ1) is 11.9. The molecule has 9 heteroatoms. The predicted molar refractivity (Wildman–Crippen MR) is 86.1 cm³/mol. The normalized spacial score (nSPS) is 18.1. The number of benzene rings is 1. The van der Waals surface area contributed by atoms with Crippen molar-refractivity contribution in [2.75, 3.05) is 25.2 Å². The Morgan fingerprint density at radius 3 is 2.88 bits per heavy atom. The number of aliphatic imine (C=N–C) groups is 1. The lowest BCUT2D eigenvalue weighted by atomic mass is 10.2. The third-order valence-corrected chi connectivity index (χ3v) is 3.46. The molecule has 0 amide bonds. The second-order valence-corrected chi connectivity index (χ2v) is 5.37. The van der Waals surface area contributed by atoms with Crippen LogP contribution in [0.25, 0.3) is 0 Å². The van der Waals surface area contributed by atoms with E-state index in [2.05, 4.69) is 15.8 Å². The van der Waals surface area contributed by atoms with Gasteiger partial charge >= 0.3 is 12.1 Å². The number of esters is 1. The molecule has 25 heavy (non-hydrogen) atoms. The molecule has 0 saturated carbocycles. The van der Waals surface area contributed by atoms with Gasteiger partial charge in [0.15, 0.2) is 0 Å². The van der Waals surface area contributed by atoms with Gasteiger partial charge in [-0.25, -0.2) is 4.79 Å². The Hall–Kier alpha value is -2.29. The highest BCUT2D eigenvalue weighted by atomic mass is 19.4. The molecule has 0 aromatic heterocycles. The van der Waals surface area contributed by atoms with Crippen molar-refractivity contribution < 1.29 is 27.4 Å². The largest absolute Gasteiger partial charge is 0.460 e. The lowest BCUT2D eigenvalue weighted by Crippen LogP contribution is -2.37. The molecule has 1 saturated heterocycles. The van der Waals surface area contributed by atoms with Gasteiger partial charge in [0.2, 0.25) is 5.84 Å². The van der Waals surface area contributed by atoms with Gasteiger partial charge in [-0.1, -0.05) is 6.07 Å². The van der Waals surface area contributed by atoms with Crippen LogP contribution in [0.2, 0.25) is 0 Å². The highest BCUT2D eigenvalue weighted by Gasteiger charge is 2.30. The molecule has 2 N–H and O–H groups in total. The Balaban J connectivity index is 2.03. The monoisotopic (exact) mass is 359 g/mol. The summed E-state index contributed by atoms with van der Waals surface area (Å²) in [5.41, 5.74) is 4.42. The molecule has 2 rings (SSSR count). The number of amidine groups is 1.